The van der Waals surface area contributed by atoms with E-state index in [1.807, 2.05) is 17.8 Å². The van der Waals surface area contributed by atoms with E-state index >= 15 is 0 Å². The average Bonchev–Trinajstić information content (AvgIpc) is 2.31. The lowest BCUT2D eigenvalue weighted by atomic mass is 10.0. The van der Waals surface area contributed by atoms with Gasteiger partial charge in [0, 0.05) is 40.6 Å². The molecule has 1 heterocycles. The molecule has 106 valence electrons. The molecule has 0 aliphatic carbocycles. The third-order valence-corrected chi connectivity index (χ3v) is 5.35. The number of benzene rings is 1. The van der Waals surface area contributed by atoms with Gasteiger partial charge in [-0.3, -0.25) is 4.90 Å². The molecule has 0 amide bonds. The molecule has 1 aliphatic heterocycles. The van der Waals surface area contributed by atoms with Crippen LogP contribution in [0, 0.1) is 5.82 Å². The molecule has 3 unspecified atom stereocenters. The highest BCUT2D eigenvalue weighted by Crippen LogP contribution is 2.33. The first-order valence-corrected chi connectivity index (χ1v) is 8.29. The lowest BCUT2D eigenvalue weighted by Gasteiger charge is -2.39. The van der Waals surface area contributed by atoms with Crippen molar-refractivity contribution >= 4 is 27.7 Å². The first-order valence-electron chi connectivity index (χ1n) is 6.55. The maximum atomic E-state index is 13.2. The predicted molar refractivity (Wildman–Crippen MR) is 84.0 cm³/mol. The third-order valence-electron chi connectivity index (χ3n) is 3.43. The second-order valence-electron chi connectivity index (χ2n) is 5.13. The molecular formula is C14H20BrFN2S. The summed E-state index contributed by atoms with van der Waals surface area (Å²) < 4.78 is 14.0. The van der Waals surface area contributed by atoms with E-state index in [0.717, 1.165) is 23.1 Å². The Morgan fingerprint density at radius 3 is 2.58 bits per heavy atom. The molecule has 0 aromatic heterocycles. The predicted octanol–water partition coefficient (Wildman–Crippen LogP) is 3.41. The summed E-state index contributed by atoms with van der Waals surface area (Å²) in [7, 11) is 0. The van der Waals surface area contributed by atoms with Gasteiger partial charge in [0.15, 0.2) is 0 Å². The van der Waals surface area contributed by atoms with Gasteiger partial charge in [0.2, 0.25) is 0 Å². The molecule has 1 fully saturated rings. The molecule has 0 radical (unpaired) electrons. The van der Waals surface area contributed by atoms with E-state index in [1.54, 1.807) is 0 Å². The number of rotatable bonds is 3. The molecule has 1 aliphatic rings. The first-order chi connectivity index (χ1) is 9.01. The lowest BCUT2D eigenvalue weighted by Crippen LogP contribution is -2.44. The zero-order valence-electron chi connectivity index (χ0n) is 11.3. The van der Waals surface area contributed by atoms with Crippen molar-refractivity contribution in [2.45, 2.75) is 30.4 Å². The van der Waals surface area contributed by atoms with E-state index in [4.69, 9.17) is 5.73 Å². The Hall–Kier alpha value is -0.100. The normalized spacial score (nSPS) is 26.4. The quantitative estimate of drug-likeness (QED) is 0.909. The van der Waals surface area contributed by atoms with Crippen molar-refractivity contribution in [2.75, 3.05) is 19.6 Å². The van der Waals surface area contributed by atoms with Crippen LogP contribution in [0.4, 0.5) is 4.39 Å². The van der Waals surface area contributed by atoms with Crippen LogP contribution in [0.2, 0.25) is 0 Å². The van der Waals surface area contributed by atoms with Crippen molar-refractivity contribution in [2.24, 2.45) is 5.73 Å². The second-order valence-corrected chi connectivity index (χ2v) is 7.86. The van der Waals surface area contributed by atoms with Crippen LogP contribution in [0.3, 0.4) is 0 Å². The van der Waals surface area contributed by atoms with E-state index in [-0.39, 0.29) is 11.9 Å². The molecule has 0 bridgehead atoms. The van der Waals surface area contributed by atoms with Crippen molar-refractivity contribution in [3.63, 3.8) is 0 Å². The van der Waals surface area contributed by atoms with E-state index < -0.39 is 0 Å². The summed E-state index contributed by atoms with van der Waals surface area (Å²) in [5, 5.41) is 1.22. The number of hydrogen-bond donors (Lipinski definition) is 1. The van der Waals surface area contributed by atoms with Crippen LogP contribution in [0.1, 0.15) is 25.5 Å². The van der Waals surface area contributed by atoms with Gasteiger partial charge in [0.1, 0.15) is 5.82 Å². The second kappa shape index (κ2) is 6.57. The Bertz CT molecular complexity index is 433. The van der Waals surface area contributed by atoms with Crippen LogP contribution < -0.4 is 5.73 Å². The van der Waals surface area contributed by atoms with Crippen LogP contribution in [-0.4, -0.2) is 35.0 Å². The number of nitrogens with zero attached hydrogens (tertiary/aromatic N) is 1. The Morgan fingerprint density at radius 1 is 1.42 bits per heavy atom. The number of nitrogens with two attached hydrogens (primary N) is 1. The molecule has 1 saturated heterocycles. The van der Waals surface area contributed by atoms with Gasteiger partial charge >= 0.3 is 0 Å². The van der Waals surface area contributed by atoms with Crippen LogP contribution in [-0.2, 0) is 0 Å². The van der Waals surface area contributed by atoms with Crippen LogP contribution in [0.25, 0.3) is 0 Å². The monoisotopic (exact) mass is 346 g/mol. The molecule has 0 saturated carbocycles. The zero-order chi connectivity index (χ0) is 14.0. The van der Waals surface area contributed by atoms with Gasteiger partial charge in [-0.25, -0.2) is 4.39 Å². The summed E-state index contributed by atoms with van der Waals surface area (Å²) in [6, 6.07) is 5.02. The van der Waals surface area contributed by atoms with Gasteiger partial charge < -0.3 is 5.73 Å². The molecule has 2 nitrogen and oxygen atoms in total. The van der Waals surface area contributed by atoms with Gasteiger partial charge in [-0.05, 0) is 17.7 Å². The largest absolute Gasteiger partial charge is 0.329 e. The molecule has 0 spiro atoms. The van der Waals surface area contributed by atoms with Crippen molar-refractivity contribution in [1.82, 2.24) is 4.90 Å². The van der Waals surface area contributed by atoms with Crippen LogP contribution in [0.5, 0.6) is 0 Å². The summed E-state index contributed by atoms with van der Waals surface area (Å²) in [5.74, 6) is -0.220. The standard InChI is InChI=1S/C14H20BrFN2S/c1-9-7-18(8-10(2)19-9)14(6-17)12-4-3-11(16)5-13(12)15/h3-5,9-10,14H,6-8,17H2,1-2H3. The SMILES string of the molecule is CC1CN(C(CN)c2ccc(F)cc2Br)CC(C)S1. The van der Waals surface area contributed by atoms with Gasteiger partial charge in [-0.2, -0.15) is 11.8 Å². The van der Waals surface area contributed by atoms with E-state index in [9.17, 15) is 4.39 Å². The van der Waals surface area contributed by atoms with E-state index in [1.165, 1.54) is 12.1 Å². The molecule has 19 heavy (non-hydrogen) atoms. The fourth-order valence-corrected chi connectivity index (χ4v) is 4.68. The summed E-state index contributed by atoms with van der Waals surface area (Å²) in [5.41, 5.74) is 7.05. The Kier molecular flexibility index (Phi) is 5.29. The fraction of sp³-hybridized carbons (Fsp3) is 0.571. The summed E-state index contributed by atoms with van der Waals surface area (Å²) >= 11 is 5.48. The van der Waals surface area contributed by atoms with Crippen LogP contribution >= 0.6 is 27.7 Å². The lowest BCUT2D eigenvalue weighted by molar-refractivity contribution is 0.199. The first kappa shape index (κ1) is 15.3. The highest BCUT2D eigenvalue weighted by atomic mass is 79.9. The van der Waals surface area contributed by atoms with Gasteiger partial charge in [0.05, 0.1) is 0 Å². The molecule has 5 heteroatoms. The Morgan fingerprint density at radius 2 is 2.05 bits per heavy atom. The number of hydrogen-bond acceptors (Lipinski definition) is 3. The molecular weight excluding hydrogens is 327 g/mol. The Balaban J connectivity index is 2.23. The highest BCUT2D eigenvalue weighted by molar-refractivity contribution is 9.10. The number of halogens is 2. The smallest absolute Gasteiger partial charge is 0.124 e. The van der Waals surface area contributed by atoms with Crippen molar-refractivity contribution < 1.29 is 4.39 Å². The van der Waals surface area contributed by atoms with Gasteiger partial charge in [-0.15, -0.1) is 0 Å². The minimum absolute atomic E-state index is 0.153. The van der Waals surface area contributed by atoms with Crippen molar-refractivity contribution in [1.29, 1.82) is 0 Å². The minimum atomic E-state index is -0.220. The molecule has 2 N–H and O–H groups in total. The van der Waals surface area contributed by atoms with Gasteiger partial charge in [-0.1, -0.05) is 35.8 Å². The van der Waals surface area contributed by atoms with Crippen molar-refractivity contribution in [3.8, 4) is 0 Å². The average molecular weight is 347 g/mol. The molecule has 2 rings (SSSR count). The van der Waals surface area contributed by atoms with E-state index in [0.29, 0.717) is 17.0 Å². The molecule has 3 atom stereocenters. The third kappa shape index (κ3) is 3.72. The van der Waals surface area contributed by atoms with Gasteiger partial charge in [0.25, 0.3) is 0 Å². The summed E-state index contributed by atoms with van der Waals surface area (Å²) in [6.07, 6.45) is 0. The molecule has 1 aromatic carbocycles. The van der Waals surface area contributed by atoms with Crippen molar-refractivity contribution in [3.05, 3.63) is 34.1 Å². The van der Waals surface area contributed by atoms with E-state index in [2.05, 4.69) is 34.7 Å². The highest BCUT2D eigenvalue weighted by Gasteiger charge is 2.29. The molecule has 1 aromatic rings. The number of thioether (sulfide) groups is 1. The maximum absolute atomic E-state index is 13.2. The summed E-state index contributed by atoms with van der Waals surface area (Å²) in [6.45, 7) is 7.11. The topological polar surface area (TPSA) is 29.3 Å². The maximum Gasteiger partial charge on any atom is 0.124 e. The fourth-order valence-electron chi connectivity index (χ4n) is 2.72. The Labute approximate surface area is 127 Å². The minimum Gasteiger partial charge on any atom is -0.329 e. The zero-order valence-corrected chi connectivity index (χ0v) is 13.7. The summed E-state index contributed by atoms with van der Waals surface area (Å²) in [4.78, 5) is 2.42. The van der Waals surface area contributed by atoms with Crippen LogP contribution in [0.15, 0.2) is 22.7 Å².